The van der Waals surface area contributed by atoms with E-state index in [0.29, 0.717) is 31.3 Å². The lowest BCUT2D eigenvalue weighted by atomic mass is 9.98. The maximum atomic E-state index is 12.6. The van der Waals surface area contributed by atoms with Crippen LogP contribution in [0.25, 0.3) is 0 Å². The molecule has 1 aliphatic carbocycles. The molecule has 2 atom stereocenters. The van der Waals surface area contributed by atoms with E-state index < -0.39 is 12.1 Å². The van der Waals surface area contributed by atoms with Crippen LogP contribution in [0, 0.1) is 0 Å². The minimum atomic E-state index is -0.833. The summed E-state index contributed by atoms with van der Waals surface area (Å²) in [6.45, 7) is 3.69. The maximum absolute atomic E-state index is 12.6. The van der Waals surface area contributed by atoms with Crippen LogP contribution in [0.15, 0.2) is 18.2 Å². The van der Waals surface area contributed by atoms with Gasteiger partial charge in [0.25, 0.3) is 0 Å². The molecule has 2 heterocycles. The van der Waals surface area contributed by atoms with E-state index in [-0.39, 0.29) is 26.0 Å². The van der Waals surface area contributed by atoms with E-state index in [9.17, 15) is 9.90 Å². The molecule has 174 valence electrons. The van der Waals surface area contributed by atoms with Crippen LogP contribution in [0.2, 0.25) is 0 Å². The van der Waals surface area contributed by atoms with Gasteiger partial charge in [-0.15, -0.1) is 0 Å². The molecule has 0 spiro atoms. The minimum absolute atomic E-state index is 0. The van der Waals surface area contributed by atoms with Crippen molar-refractivity contribution >= 4 is 5.91 Å². The summed E-state index contributed by atoms with van der Waals surface area (Å²) < 4.78 is 17.1. The lowest BCUT2D eigenvalue weighted by molar-refractivity contribution is -0.130. The molecular weight excluding hydrogens is 396 g/mol. The zero-order chi connectivity index (χ0) is 20.8. The van der Waals surface area contributed by atoms with E-state index in [4.69, 9.17) is 14.2 Å². The third-order valence-corrected chi connectivity index (χ3v) is 6.29. The van der Waals surface area contributed by atoms with E-state index in [1.807, 2.05) is 18.2 Å². The van der Waals surface area contributed by atoms with E-state index in [2.05, 4.69) is 10.2 Å². The molecule has 4 rings (SSSR count). The van der Waals surface area contributed by atoms with Crippen LogP contribution in [-0.2, 0) is 9.53 Å². The number of rotatable bonds is 8. The zero-order valence-electron chi connectivity index (χ0n) is 17.7. The van der Waals surface area contributed by atoms with Crippen LogP contribution in [0.4, 0.5) is 0 Å². The number of carbonyl (C=O) groups is 1. The number of hydrogen-bond donors (Lipinski definition) is 2. The SMILES string of the molecule is C.O=C(COC1CCCCC1)N[C@H](CN1CCCC1)[C@H](O)c1ccc2c(c1)OCCO2. The first-order chi connectivity index (χ1) is 14.7. The maximum Gasteiger partial charge on any atom is 0.246 e. The Morgan fingerprint density at radius 2 is 1.81 bits per heavy atom. The van der Waals surface area contributed by atoms with Crippen LogP contribution >= 0.6 is 0 Å². The Kier molecular flexibility index (Phi) is 8.99. The van der Waals surface area contributed by atoms with E-state index >= 15 is 0 Å². The summed E-state index contributed by atoms with van der Waals surface area (Å²) in [5.74, 6) is 1.17. The molecule has 7 nitrogen and oxygen atoms in total. The number of nitrogens with one attached hydrogen (secondary N) is 1. The van der Waals surface area contributed by atoms with Crippen molar-refractivity contribution in [3.63, 3.8) is 0 Å². The highest BCUT2D eigenvalue weighted by molar-refractivity contribution is 5.77. The Bertz CT molecular complexity index is 701. The molecule has 3 aliphatic rings. The number of ether oxygens (including phenoxy) is 3. The fourth-order valence-electron chi connectivity index (χ4n) is 4.62. The Morgan fingerprint density at radius 1 is 1.10 bits per heavy atom. The predicted octanol–water partition coefficient (Wildman–Crippen LogP) is 3.06. The van der Waals surface area contributed by atoms with Crippen LogP contribution in [0.1, 0.15) is 64.0 Å². The number of fused-ring (bicyclic) bond motifs is 1. The first kappa shape index (κ1) is 23.8. The van der Waals surface area contributed by atoms with Crippen LogP contribution in [0.3, 0.4) is 0 Å². The molecule has 0 radical (unpaired) electrons. The van der Waals surface area contributed by atoms with E-state index in [1.54, 1.807) is 0 Å². The first-order valence-electron chi connectivity index (χ1n) is 11.4. The van der Waals surface area contributed by atoms with Crippen molar-refractivity contribution in [2.45, 2.75) is 70.6 Å². The van der Waals surface area contributed by atoms with Crippen LogP contribution in [-0.4, -0.2) is 67.5 Å². The van der Waals surface area contributed by atoms with Gasteiger partial charge in [0.2, 0.25) is 5.91 Å². The smallest absolute Gasteiger partial charge is 0.246 e. The quantitative estimate of drug-likeness (QED) is 0.655. The summed E-state index contributed by atoms with van der Waals surface area (Å²) in [4.78, 5) is 14.9. The van der Waals surface area contributed by atoms with Crippen molar-refractivity contribution in [1.29, 1.82) is 0 Å². The lowest BCUT2D eigenvalue weighted by Gasteiger charge is -2.30. The summed E-state index contributed by atoms with van der Waals surface area (Å²) in [6, 6.07) is 5.09. The minimum Gasteiger partial charge on any atom is -0.486 e. The normalized spacial score (nSPS) is 21.2. The largest absolute Gasteiger partial charge is 0.486 e. The highest BCUT2D eigenvalue weighted by Crippen LogP contribution is 2.33. The van der Waals surface area contributed by atoms with Crippen molar-refractivity contribution in [2.75, 3.05) is 39.5 Å². The van der Waals surface area contributed by atoms with Gasteiger partial charge in [-0.3, -0.25) is 4.79 Å². The Labute approximate surface area is 186 Å². The fourth-order valence-corrected chi connectivity index (χ4v) is 4.62. The van der Waals surface area contributed by atoms with Crippen molar-refractivity contribution in [1.82, 2.24) is 10.2 Å². The van der Waals surface area contributed by atoms with Gasteiger partial charge in [0.1, 0.15) is 25.9 Å². The third kappa shape index (κ3) is 6.57. The summed E-state index contributed by atoms with van der Waals surface area (Å²) >= 11 is 0. The standard InChI is InChI=1S/C23H34N2O5.CH4/c26-22(16-30-18-6-2-1-3-7-18)24-19(15-25-10-4-5-11-25)23(27)17-8-9-20-21(14-17)29-13-12-28-20;/h8-9,14,18-19,23,27H,1-7,10-13,15-16H2,(H,24,26);1H4/t19-,23-;/m1./s1. The van der Waals surface area contributed by atoms with Crippen LogP contribution < -0.4 is 14.8 Å². The van der Waals surface area contributed by atoms with Gasteiger partial charge in [0.05, 0.1) is 12.1 Å². The second-order valence-electron chi connectivity index (χ2n) is 8.60. The molecule has 2 fully saturated rings. The van der Waals surface area contributed by atoms with Gasteiger partial charge in [-0.1, -0.05) is 32.8 Å². The number of benzene rings is 1. The van der Waals surface area contributed by atoms with Gasteiger partial charge in [0.15, 0.2) is 11.5 Å². The van der Waals surface area contributed by atoms with E-state index in [1.165, 1.54) is 19.3 Å². The molecule has 7 heteroatoms. The highest BCUT2D eigenvalue weighted by Gasteiger charge is 2.28. The average molecular weight is 435 g/mol. The molecular formula is C24H38N2O5. The molecule has 2 N–H and O–H groups in total. The van der Waals surface area contributed by atoms with Gasteiger partial charge in [0, 0.05) is 6.54 Å². The lowest BCUT2D eigenvalue weighted by Crippen LogP contribution is -2.48. The summed E-state index contributed by atoms with van der Waals surface area (Å²) in [5.41, 5.74) is 0.719. The van der Waals surface area contributed by atoms with Gasteiger partial charge in [-0.05, 0) is 56.5 Å². The number of amides is 1. The average Bonchev–Trinajstić information content (AvgIpc) is 3.30. The monoisotopic (exact) mass is 434 g/mol. The van der Waals surface area contributed by atoms with E-state index in [0.717, 1.165) is 44.3 Å². The first-order valence-corrected chi connectivity index (χ1v) is 11.4. The predicted molar refractivity (Wildman–Crippen MR) is 120 cm³/mol. The van der Waals surface area contributed by atoms with Gasteiger partial charge in [-0.25, -0.2) is 0 Å². The van der Waals surface area contributed by atoms with Crippen molar-refractivity contribution < 1.29 is 24.1 Å². The zero-order valence-corrected chi connectivity index (χ0v) is 17.7. The highest BCUT2D eigenvalue weighted by atomic mass is 16.6. The second kappa shape index (κ2) is 11.7. The summed E-state index contributed by atoms with van der Waals surface area (Å²) in [7, 11) is 0. The molecule has 31 heavy (non-hydrogen) atoms. The molecule has 1 amide bonds. The number of aliphatic hydroxyl groups is 1. The molecule has 2 aliphatic heterocycles. The molecule has 1 aromatic carbocycles. The number of aliphatic hydroxyl groups excluding tert-OH is 1. The molecule has 1 aromatic rings. The number of likely N-dealkylation sites (tertiary alicyclic amines) is 1. The number of carbonyl (C=O) groups excluding carboxylic acids is 1. The van der Waals surface area contributed by atoms with Crippen molar-refractivity contribution in [3.05, 3.63) is 23.8 Å². The number of nitrogens with zero attached hydrogens (tertiary/aromatic N) is 1. The topological polar surface area (TPSA) is 80.3 Å². The van der Waals surface area contributed by atoms with Crippen LogP contribution in [0.5, 0.6) is 11.5 Å². The van der Waals surface area contributed by atoms with Crippen molar-refractivity contribution in [2.24, 2.45) is 0 Å². The molecule has 0 aromatic heterocycles. The van der Waals surface area contributed by atoms with Gasteiger partial charge >= 0.3 is 0 Å². The Hall–Kier alpha value is -1.83. The third-order valence-electron chi connectivity index (χ3n) is 6.29. The molecule has 0 bridgehead atoms. The van der Waals surface area contributed by atoms with Gasteiger partial charge < -0.3 is 29.5 Å². The summed E-state index contributed by atoms with van der Waals surface area (Å²) in [6.07, 6.45) is 7.33. The van der Waals surface area contributed by atoms with Gasteiger partial charge in [-0.2, -0.15) is 0 Å². The van der Waals surface area contributed by atoms with Crippen molar-refractivity contribution in [3.8, 4) is 11.5 Å². The number of hydrogen-bond acceptors (Lipinski definition) is 6. The Balaban J connectivity index is 0.00000272. The fraction of sp³-hybridized carbons (Fsp3) is 0.708. The molecule has 1 saturated heterocycles. The molecule has 0 unspecified atom stereocenters. The second-order valence-corrected chi connectivity index (χ2v) is 8.60. The Morgan fingerprint density at radius 3 is 2.55 bits per heavy atom. The summed E-state index contributed by atoms with van der Waals surface area (Å²) in [5, 5.41) is 14.2. The molecule has 1 saturated carbocycles.